The summed E-state index contributed by atoms with van der Waals surface area (Å²) in [7, 11) is 0. The van der Waals surface area contributed by atoms with Crippen LogP contribution in [0.25, 0.3) is 0 Å². The van der Waals surface area contributed by atoms with E-state index in [1.54, 1.807) is 12.1 Å². The molecular weight excluding hydrogens is 336 g/mol. The molecule has 1 saturated carbocycles. The van der Waals surface area contributed by atoms with Gasteiger partial charge in [-0.3, -0.25) is 4.89 Å². The Kier molecular flexibility index (Phi) is 7.03. The van der Waals surface area contributed by atoms with E-state index in [0.29, 0.717) is 11.5 Å². The fourth-order valence-electron chi connectivity index (χ4n) is 3.20. The first kappa shape index (κ1) is 20.2. The molecule has 6 nitrogen and oxygen atoms in total. The van der Waals surface area contributed by atoms with Crippen molar-refractivity contribution in [3.05, 3.63) is 35.4 Å². The molecule has 1 aromatic rings. The van der Waals surface area contributed by atoms with Crippen LogP contribution in [0.1, 0.15) is 69.3 Å². The predicted octanol–water partition coefficient (Wildman–Crippen LogP) is 5.01. The molecule has 6 heteroatoms. The lowest BCUT2D eigenvalue weighted by atomic mass is 9.72. The van der Waals surface area contributed by atoms with Gasteiger partial charge in [0.1, 0.15) is 6.10 Å². The van der Waals surface area contributed by atoms with Crippen LogP contribution in [0.5, 0.6) is 0 Å². The van der Waals surface area contributed by atoms with Crippen molar-refractivity contribution in [3.8, 4) is 0 Å². The topological polar surface area (TPSA) is 71.1 Å². The Bertz CT molecular complexity index is 594. The average Bonchev–Trinajstić information content (AvgIpc) is 2.61. The summed E-state index contributed by atoms with van der Waals surface area (Å²) in [4.78, 5) is 32.2. The van der Waals surface area contributed by atoms with Gasteiger partial charge in [0.25, 0.3) is 0 Å². The number of ether oxygens (including phenoxy) is 1. The Hall–Kier alpha value is -2.08. The van der Waals surface area contributed by atoms with E-state index < -0.39 is 12.1 Å². The number of hydrogen-bond acceptors (Lipinski definition) is 6. The van der Waals surface area contributed by atoms with Crippen LogP contribution in [0, 0.1) is 11.3 Å². The molecule has 0 amide bonds. The average molecular weight is 364 g/mol. The third-order valence-corrected chi connectivity index (χ3v) is 4.97. The van der Waals surface area contributed by atoms with E-state index in [9.17, 15) is 9.59 Å². The van der Waals surface area contributed by atoms with E-state index in [4.69, 9.17) is 4.74 Å². The van der Waals surface area contributed by atoms with Crippen molar-refractivity contribution in [1.82, 2.24) is 0 Å². The van der Waals surface area contributed by atoms with Crippen LogP contribution in [0.3, 0.4) is 0 Å². The van der Waals surface area contributed by atoms with Gasteiger partial charge in [-0.25, -0.2) is 14.5 Å². The third-order valence-electron chi connectivity index (χ3n) is 4.97. The van der Waals surface area contributed by atoms with Crippen LogP contribution in [0.2, 0.25) is 0 Å². The molecule has 144 valence electrons. The van der Waals surface area contributed by atoms with E-state index >= 15 is 0 Å². The van der Waals surface area contributed by atoms with Crippen LogP contribution in [0.4, 0.5) is 4.79 Å². The molecule has 0 spiro atoms. The van der Waals surface area contributed by atoms with E-state index in [0.717, 1.165) is 37.7 Å². The minimum absolute atomic E-state index is 0.193. The van der Waals surface area contributed by atoms with Crippen LogP contribution in [-0.2, 0) is 26.0 Å². The Morgan fingerprint density at radius 3 is 2.15 bits per heavy atom. The van der Waals surface area contributed by atoms with Gasteiger partial charge in [-0.2, -0.15) is 0 Å². The highest BCUT2D eigenvalue weighted by Gasteiger charge is 2.31. The maximum absolute atomic E-state index is 11.8. The zero-order valence-electron chi connectivity index (χ0n) is 15.9. The lowest BCUT2D eigenvalue weighted by Crippen LogP contribution is -2.30. The molecular formula is C20H28O6. The number of aryl methyl sites for hydroxylation is 1. The van der Waals surface area contributed by atoms with Crippen LogP contribution in [-0.4, -0.2) is 18.2 Å². The largest absolute Gasteiger partial charge is 0.543 e. The fourth-order valence-corrected chi connectivity index (χ4v) is 3.20. The smallest absolute Gasteiger partial charge is 0.429 e. The number of benzene rings is 1. The highest BCUT2D eigenvalue weighted by Crippen LogP contribution is 2.38. The van der Waals surface area contributed by atoms with E-state index in [1.165, 1.54) is 0 Å². The normalized spacial score (nSPS) is 20.3. The van der Waals surface area contributed by atoms with Crippen molar-refractivity contribution in [3.63, 3.8) is 0 Å². The summed E-state index contributed by atoms with van der Waals surface area (Å²) in [5.41, 5.74) is 1.67. The maximum Gasteiger partial charge on any atom is 0.543 e. The summed E-state index contributed by atoms with van der Waals surface area (Å²) in [6.45, 7) is 8.70. The first-order chi connectivity index (χ1) is 12.3. The summed E-state index contributed by atoms with van der Waals surface area (Å²) in [6.07, 6.45) is 3.27. The van der Waals surface area contributed by atoms with Gasteiger partial charge in [-0.1, -0.05) is 39.8 Å². The van der Waals surface area contributed by atoms with E-state index in [-0.39, 0.29) is 11.5 Å². The number of carbonyl (C=O) groups is 2. The van der Waals surface area contributed by atoms with Crippen LogP contribution in [0.15, 0.2) is 24.3 Å². The van der Waals surface area contributed by atoms with Gasteiger partial charge in [-0.15, -0.1) is 0 Å². The second-order valence-corrected chi connectivity index (χ2v) is 7.78. The molecule has 2 rings (SSSR count). The molecule has 0 bridgehead atoms. The first-order valence-corrected chi connectivity index (χ1v) is 9.14. The van der Waals surface area contributed by atoms with Gasteiger partial charge >= 0.3 is 12.1 Å². The molecule has 0 atom stereocenters. The standard InChI is InChI=1S/C20H28O6/c1-5-14-6-8-15(9-7-14)18(21)24-26-25-19(22)23-17-12-10-16(11-13-17)20(2,3)4/h6-9,16-17H,5,10-13H2,1-4H3. The highest BCUT2D eigenvalue weighted by molar-refractivity contribution is 5.88. The second kappa shape index (κ2) is 9.03. The lowest BCUT2D eigenvalue weighted by molar-refractivity contribution is -0.453. The minimum atomic E-state index is -1.00. The molecule has 1 aliphatic carbocycles. The second-order valence-electron chi connectivity index (χ2n) is 7.78. The summed E-state index contributed by atoms with van der Waals surface area (Å²) < 4.78 is 5.19. The Morgan fingerprint density at radius 2 is 1.62 bits per heavy atom. The molecule has 1 fully saturated rings. The molecule has 1 aromatic carbocycles. The summed E-state index contributed by atoms with van der Waals surface area (Å²) in [5.74, 6) is -0.124. The van der Waals surface area contributed by atoms with Crippen molar-refractivity contribution in [2.45, 2.75) is 65.9 Å². The summed E-state index contributed by atoms with van der Waals surface area (Å²) in [6, 6.07) is 6.88. The number of carbonyl (C=O) groups excluding carboxylic acids is 2. The highest BCUT2D eigenvalue weighted by atomic mass is 17.5. The van der Waals surface area contributed by atoms with Gasteiger partial charge in [0.15, 0.2) is 0 Å². The zero-order chi connectivity index (χ0) is 19.2. The molecule has 0 radical (unpaired) electrons. The quantitative estimate of drug-likeness (QED) is 0.415. The molecule has 0 unspecified atom stereocenters. The molecule has 26 heavy (non-hydrogen) atoms. The lowest BCUT2D eigenvalue weighted by Gasteiger charge is -2.36. The van der Waals surface area contributed by atoms with Crippen LogP contribution >= 0.6 is 0 Å². The maximum atomic E-state index is 11.8. The Labute approximate surface area is 154 Å². The van der Waals surface area contributed by atoms with E-state index in [2.05, 4.69) is 35.6 Å². The summed E-state index contributed by atoms with van der Waals surface area (Å²) >= 11 is 0. The number of hydrogen-bond donors (Lipinski definition) is 0. The van der Waals surface area contributed by atoms with Crippen molar-refractivity contribution < 1.29 is 29.1 Å². The van der Waals surface area contributed by atoms with Gasteiger partial charge in [0.2, 0.25) is 0 Å². The van der Waals surface area contributed by atoms with Gasteiger partial charge in [0, 0.05) is 0 Å². The molecule has 0 aliphatic heterocycles. The van der Waals surface area contributed by atoms with Crippen molar-refractivity contribution >= 4 is 12.1 Å². The van der Waals surface area contributed by atoms with Crippen molar-refractivity contribution in [1.29, 1.82) is 0 Å². The number of rotatable bonds is 5. The van der Waals surface area contributed by atoms with Crippen molar-refractivity contribution in [2.75, 3.05) is 0 Å². The Morgan fingerprint density at radius 1 is 1.00 bits per heavy atom. The molecule has 1 aliphatic rings. The predicted molar refractivity (Wildman–Crippen MR) is 95.1 cm³/mol. The van der Waals surface area contributed by atoms with Crippen molar-refractivity contribution in [2.24, 2.45) is 11.3 Å². The molecule has 0 saturated heterocycles. The van der Waals surface area contributed by atoms with E-state index in [1.807, 2.05) is 19.1 Å². The zero-order valence-corrected chi connectivity index (χ0v) is 15.9. The van der Waals surface area contributed by atoms with Gasteiger partial charge in [-0.05, 0) is 61.1 Å². The molecule has 0 aromatic heterocycles. The molecule has 0 N–H and O–H groups in total. The SMILES string of the molecule is CCc1ccc(C(=O)OOOC(=O)OC2CCC(C(C)(C)C)CC2)cc1. The van der Waals surface area contributed by atoms with Crippen LogP contribution < -0.4 is 0 Å². The fraction of sp³-hybridized carbons (Fsp3) is 0.600. The van der Waals surface area contributed by atoms with Gasteiger partial charge in [0.05, 0.1) is 10.6 Å². The summed E-state index contributed by atoms with van der Waals surface area (Å²) in [5, 5.41) is 4.26. The Balaban J connectivity index is 1.66. The first-order valence-electron chi connectivity index (χ1n) is 9.14. The molecule has 0 heterocycles. The monoisotopic (exact) mass is 364 g/mol. The van der Waals surface area contributed by atoms with Gasteiger partial charge < -0.3 is 4.74 Å². The third kappa shape index (κ3) is 6.02. The minimum Gasteiger partial charge on any atom is -0.429 e.